The summed E-state index contributed by atoms with van der Waals surface area (Å²) in [6, 6.07) is 0. The number of Topliss-reactive ketones (excluding diaryl/α,β-unsaturated/α-hetero) is 2. The van der Waals surface area contributed by atoms with Crippen molar-refractivity contribution >= 4 is 29.2 Å². The number of fused-ring (bicyclic) bond motifs is 14. The zero-order valence-electron chi connectivity index (χ0n) is 34.7. The first-order valence-electron chi connectivity index (χ1n) is 19.3. The van der Waals surface area contributed by atoms with Gasteiger partial charge in [0.15, 0.2) is 5.71 Å². The first-order valence-corrected chi connectivity index (χ1v) is 19.3. The summed E-state index contributed by atoms with van der Waals surface area (Å²) in [5, 5.41) is 41.4. The first kappa shape index (κ1) is 44.1. The van der Waals surface area contributed by atoms with E-state index in [-0.39, 0.29) is 77.0 Å². The molecule has 16 heteroatoms. The lowest BCUT2D eigenvalue weighted by molar-refractivity contribution is -0.160. The lowest BCUT2D eigenvalue weighted by Gasteiger charge is -2.38. The van der Waals surface area contributed by atoms with Crippen LogP contribution in [0.25, 0.3) is 0 Å². The molecule has 1 amide bonds. The van der Waals surface area contributed by atoms with E-state index in [9.17, 15) is 34.5 Å². The maximum Gasteiger partial charge on any atom is 0.302 e. The summed E-state index contributed by atoms with van der Waals surface area (Å²) in [6.45, 7) is 13.7. The monoisotopic (exact) mass is 809 g/mol. The van der Waals surface area contributed by atoms with Crippen LogP contribution < -0.4 is 10.1 Å². The van der Waals surface area contributed by atoms with Crippen LogP contribution >= 0.6 is 0 Å². The Morgan fingerprint density at radius 1 is 0.948 bits per heavy atom. The smallest absolute Gasteiger partial charge is 0.302 e. The van der Waals surface area contributed by atoms with Gasteiger partial charge in [0.05, 0.1) is 54.5 Å². The molecule has 5 bridgehead atoms. The van der Waals surface area contributed by atoms with Crippen molar-refractivity contribution in [3.8, 4) is 11.5 Å². The van der Waals surface area contributed by atoms with Crippen LogP contribution in [0.5, 0.6) is 11.5 Å². The van der Waals surface area contributed by atoms with E-state index in [1.807, 2.05) is 0 Å². The number of aromatic hydroxyl groups is 1. The Labute approximate surface area is 338 Å². The Morgan fingerprint density at radius 2 is 1.62 bits per heavy atom. The molecule has 16 nitrogen and oxygen atoms in total. The average Bonchev–Trinajstić information content (AvgIpc) is 3.48. The number of ether oxygens (including phenoxy) is 5. The molecule has 316 valence electrons. The second-order valence-electron chi connectivity index (χ2n) is 15.4. The molecule has 4 heterocycles. The van der Waals surface area contributed by atoms with E-state index in [2.05, 4.69) is 10.5 Å². The number of phenols is 1. The minimum atomic E-state index is -1.80. The van der Waals surface area contributed by atoms with Gasteiger partial charge >= 0.3 is 5.97 Å². The Morgan fingerprint density at radius 3 is 2.24 bits per heavy atom. The minimum Gasteiger partial charge on any atom is -0.507 e. The molecule has 5 aliphatic rings. The largest absolute Gasteiger partial charge is 0.507 e. The Hall–Kier alpha value is -5.03. The van der Waals surface area contributed by atoms with Crippen LogP contribution in [0, 0.1) is 30.6 Å². The number of aliphatic hydroxyl groups is 2. The van der Waals surface area contributed by atoms with E-state index in [1.165, 1.54) is 54.3 Å². The van der Waals surface area contributed by atoms with Gasteiger partial charge in [-0.15, -0.1) is 0 Å². The lowest BCUT2D eigenvalue weighted by Crippen LogP contribution is -2.46. The summed E-state index contributed by atoms with van der Waals surface area (Å²) in [5.74, 6) is -7.50. The van der Waals surface area contributed by atoms with Crippen molar-refractivity contribution < 1.29 is 63.0 Å². The summed E-state index contributed by atoms with van der Waals surface area (Å²) >= 11 is 0. The molecule has 1 aromatic carbocycles. The number of nitrogens with one attached hydrogen (secondary N) is 1. The zero-order chi connectivity index (χ0) is 42.8. The van der Waals surface area contributed by atoms with E-state index in [1.54, 1.807) is 50.8 Å². The van der Waals surface area contributed by atoms with Crippen molar-refractivity contribution in [2.75, 3.05) is 40.5 Å². The summed E-state index contributed by atoms with van der Waals surface area (Å²) < 4.78 is 29.7. The summed E-state index contributed by atoms with van der Waals surface area (Å²) in [7, 11) is 2.75. The molecule has 4 N–H and O–H groups in total. The molecule has 0 unspecified atom stereocenters. The van der Waals surface area contributed by atoms with E-state index in [0.29, 0.717) is 0 Å². The van der Waals surface area contributed by atoms with Crippen LogP contribution in [-0.2, 0) is 33.4 Å². The Bertz CT molecular complexity index is 1960. The van der Waals surface area contributed by atoms with E-state index >= 15 is 0 Å². The van der Waals surface area contributed by atoms with Gasteiger partial charge in [0.2, 0.25) is 11.6 Å². The van der Waals surface area contributed by atoms with Gasteiger partial charge in [0, 0.05) is 68.9 Å². The number of rotatable bonds is 4. The number of esters is 1. The van der Waals surface area contributed by atoms with Gasteiger partial charge in [-0.1, -0.05) is 51.1 Å². The number of ketones is 2. The highest BCUT2D eigenvalue weighted by molar-refractivity contribution is 6.33. The van der Waals surface area contributed by atoms with Crippen LogP contribution in [0.3, 0.4) is 0 Å². The van der Waals surface area contributed by atoms with Crippen LogP contribution in [-0.4, -0.2) is 120 Å². The van der Waals surface area contributed by atoms with Gasteiger partial charge in [-0.3, -0.25) is 19.2 Å². The molecule has 0 spiro atoms. The standard InChI is InChI=1S/C42H55N3O13/c1-20-12-11-13-21(2)41(52)43-31-32(45-15-18-55-19-16-45)37(51)28-29(36(31)50)35(49)25(6)39-30(28)40(44-54-10)42(8,58-39)56-17-14-27(53-9)22(3)38(57-26(7)46)24(5)34(48)23(4)33(20)47/h11-14,17,20,22-24,27,33-34,38,47-49H,15-16,18-19H2,1-10H3,(H,43,52)/b12-11+,17-14+,21-13-,44-40+/t20-,22-,23-,24-,27+,33+,34-,38+,42+/m1/s1. The third-order valence-corrected chi connectivity index (χ3v) is 11.5. The fourth-order valence-electron chi connectivity index (χ4n) is 8.00. The highest BCUT2D eigenvalue weighted by Gasteiger charge is 2.52. The van der Waals surface area contributed by atoms with E-state index in [4.69, 9.17) is 28.5 Å². The number of hydrogen-bond donors (Lipinski definition) is 4. The molecule has 6 rings (SSSR count). The van der Waals surface area contributed by atoms with Crippen molar-refractivity contribution in [1.82, 2.24) is 10.2 Å². The van der Waals surface area contributed by atoms with Crippen LogP contribution in [0.4, 0.5) is 0 Å². The molecule has 1 aliphatic carbocycles. The number of amides is 1. The summed E-state index contributed by atoms with van der Waals surface area (Å²) in [5.41, 5.74) is -0.664. The van der Waals surface area contributed by atoms with Gasteiger partial charge in [0.1, 0.15) is 36.1 Å². The number of oxime groups is 1. The van der Waals surface area contributed by atoms with Crippen LogP contribution in [0.15, 0.2) is 52.7 Å². The number of carbonyl (C=O) groups is 4. The number of benzene rings is 1. The molecular formula is C42H55N3O13. The molecule has 0 saturated carbocycles. The zero-order valence-corrected chi connectivity index (χ0v) is 34.7. The minimum absolute atomic E-state index is 0.0222. The van der Waals surface area contributed by atoms with Crippen LogP contribution in [0.2, 0.25) is 0 Å². The van der Waals surface area contributed by atoms with Crippen molar-refractivity contribution in [3.63, 3.8) is 0 Å². The number of allylic oxidation sites excluding steroid dienone is 4. The van der Waals surface area contributed by atoms with Gasteiger partial charge in [0.25, 0.3) is 11.7 Å². The SMILES string of the molecule is CO/N=C1\c2c3c(C)c(O)c4c2C(=O)C(N2CCOCC2)=C(NC(=O)/C(C)=C\C=C\[C@@H](C)[C@H](O)[C@@H](C)[C@@H](O)[C@@H](C)[C@@H](OC(C)=O)[C@H](C)[C@@H](OC)/C=C/O[C@@]1(C)O3)C4=O. The maximum atomic E-state index is 14.9. The predicted molar refractivity (Wildman–Crippen MR) is 210 cm³/mol. The topological polar surface area (TPSA) is 212 Å². The van der Waals surface area contributed by atoms with E-state index < -0.39 is 83.1 Å². The summed E-state index contributed by atoms with van der Waals surface area (Å²) in [6.07, 6.45) is 3.78. The quantitative estimate of drug-likeness (QED) is 0.254. The third-order valence-electron chi connectivity index (χ3n) is 11.5. The number of hydrogen-bond acceptors (Lipinski definition) is 15. The molecule has 1 fully saturated rings. The first-order chi connectivity index (χ1) is 27.4. The lowest BCUT2D eigenvalue weighted by atomic mass is 9.78. The summed E-state index contributed by atoms with van der Waals surface area (Å²) in [4.78, 5) is 62.5. The van der Waals surface area contributed by atoms with Gasteiger partial charge in [-0.05, 0) is 19.9 Å². The molecule has 1 aromatic rings. The molecule has 0 aromatic heterocycles. The molecule has 0 radical (unpaired) electrons. The van der Waals surface area contributed by atoms with Crippen molar-refractivity contribution in [2.45, 2.75) is 85.6 Å². The second-order valence-corrected chi connectivity index (χ2v) is 15.4. The number of nitrogens with zero attached hydrogens (tertiary/aromatic N) is 2. The number of methoxy groups -OCH3 is 1. The van der Waals surface area contributed by atoms with E-state index in [0.717, 1.165) is 0 Å². The van der Waals surface area contributed by atoms with Crippen molar-refractivity contribution in [3.05, 3.63) is 69.8 Å². The molecule has 1 saturated heterocycles. The maximum absolute atomic E-state index is 14.9. The number of morpholine rings is 1. The highest BCUT2D eigenvalue weighted by atomic mass is 16.7. The third kappa shape index (κ3) is 8.28. The van der Waals surface area contributed by atoms with Crippen LogP contribution in [0.1, 0.15) is 80.3 Å². The fraction of sp³-hybridized carbons (Fsp3) is 0.548. The Balaban J connectivity index is 1.71. The number of carbonyl (C=O) groups excluding carboxylic acids is 4. The molecular weight excluding hydrogens is 754 g/mol. The molecule has 9 atom stereocenters. The van der Waals surface area contributed by atoms with Gasteiger partial charge in [-0.25, -0.2) is 0 Å². The van der Waals surface area contributed by atoms with Gasteiger partial charge in [-0.2, -0.15) is 0 Å². The average molecular weight is 810 g/mol. The molecule has 58 heavy (non-hydrogen) atoms. The molecule has 4 aliphatic heterocycles. The number of aliphatic hydroxyl groups excluding tert-OH is 2. The second kappa shape index (κ2) is 17.9. The number of phenolic OH excluding ortho intramolecular Hbond substituents is 1. The normalized spacial score (nSPS) is 33.8. The van der Waals surface area contributed by atoms with Crippen molar-refractivity contribution in [2.24, 2.45) is 28.8 Å². The highest BCUT2D eigenvalue weighted by Crippen LogP contribution is 2.49. The Kier molecular flexibility index (Phi) is 13.6. The fourth-order valence-corrected chi connectivity index (χ4v) is 8.00. The predicted octanol–water partition coefficient (Wildman–Crippen LogP) is 3.46. The van der Waals surface area contributed by atoms with Gasteiger partial charge < -0.3 is 54.1 Å². The van der Waals surface area contributed by atoms with Crippen molar-refractivity contribution in [1.29, 1.82) is 0 Å².